The summed E-state index contributed by atoms with van der Waals surface area (Å²) in [5, 5.41) is 3.67. The molecule has 2 atom stereocenters. The highest BCUT2D eigenvalue weighted by molar-refractivity contribution is 7.80. The number of rotatable bonds is 4. The van der Waals surface area contributed by atoms with Crippen molar-refractivity contribution in [2.24, 2.45) is 17.6 Å². The van der Waals surface area contributed by atoms with Gasteiger partial charge in [0.1, 0.15) is 10.8 Å². The predicted molar refractivity (Wildman–Crippen MR) is 93.8 cm³/mol. The molecule has 1 aromatic rings. The summed E-state index contributed by atoms with van der Waals surface area (Å²) in [7, 11) is 0. The average Bonchev–Trinajstić information content (AvgIpc) is 2.37. The van der Waals surface area contributed by atoms with Gasteiger partial charge in [-0.1, -0.05) is 38.9 Å². The Kier molecular flexibility index (Phi) is 5.20. The predicted octanol–water partition coefficient (Wildman–Crippen LogP) is 3.96. The quantitative estimate of drug-likeness (QED) is 0.827. The Balaban J connectivity index is 2.31. The molecule has 4 heteroatoms. The minimum absolute atomic E-state index is 0.430. The molecule has 1 saturated carbocycles. The van der Waals surface area contributed by atoms with Gasteiger partial charge in [0, 0.05) is 11.7 Å². The molecule has 0 radical (unpaired) electrons. The van der Waals surface area contributed by atoms with Crippen LogP contribution < -0.4 is 11.1 Å². The SMILES string of the molecule is Cc1cc(C)c(C(N)=S)c(NC2CCCCC2C(C)C)n1. The molecule has 1 aliphatic carbocycles. The lowest BCUT2D eigenvalue weighted by atomic mass is 9.78. The van der Waals surface area contributed by atoms with E-state index in [0.29, 0.717) is 22.9 Å². The van der Waals surface area contributed by atoms with E-state index < -0.39 is 0 Å². The number of nitrogens with zero attached hydrogens (tertiary/aromatic N) is 1. The first-order valence-corrected chi connectivity index (χ1v) is 8.35. The molecule has 0 amide bonds. The molecule has 0 saturated heterocycles. The van der Waals surface area contributed by atoms with E-state index in [0.717, 1.165) is 22.6 Å². The third-order valence-corrected chi connectivity index (χ3v) is 4.79. The number of aryl methyl sites for hydroxylation is 2. The summed E-state index contributed by atoms with van der Waals surface area (Å²) in [6, 6.07) is 2.51. The molecular formula is C17H27N3S. The summed E-state index contributed by atoms with van der Waals surface area (Å²) in [6.07, 6.45) is 5.12. The number of pyridine rings is 1. The fourth-order valence-electron chi connectivity index (χ4n) is 3.56. The van der Waals surface area contributed by atoms with Crippen LogP contribution in [-0.2, 0) is 0 Å². The Hall–Kier alpha value is -1.16. The van der Waals surface area contributed by atoms with Gasteiger partial charge in [-0.05, 0) is 50.2 Å². The van der Waals surface area contributed by atoms with Crippen LogP contribution >= 0.6 is 12.2 Å². The summed E-state index contributed by atoms with van der Waals surface area (Å²) in [4.78, 5) is 5.09. The zero-order valence-electron chi connectivity index (χ0n) is 13.6. The largest absolute Gasteiger partial charge is 0.389 e. The number of nitrogens with one attached hydrogen (secondary N) is 1. The zero-order valence-corrected chi connectivity index (χ0v) is 14.4. The fraction of sp³-hybridized carbons (Fsp3) is 0.647. The standard InChI is InChI=1S/C17H27N3S/c1-10(2)13-7-5-6-8-14(13)20-17-15(16(18)21)11(3)9-12(4)19-17/h9-10,13-14H,5-8H2,1-4H3,(H2,18,21)(H,19,20). The van der Waals surface area contributed by atoms with E-state index in [1.54, 1.807) is 0 Å². The summed E-state index contributed by atoms with van der Waals surface area (Å²) in [5.74, 6) is 2.25. The highest BCUT2D eigenvalue weighted by atomic mass is 32.1. The van der Waals surface area contributed by atoms with E-state index in [1.807, 2.05) is 13.0 Å². The molecule has 21 heavy (non-hydrogen) atoms. The second-order valence-corrected chi connectivity index (χ2v) is 7.05. The van der Waals surface area contributed by atoms with E-state index in [1.165, 1.54) is 25.7 Å². The van der Waals surface area contributed by atoms with E-state index in [-0.39, 0.29) is 0 Å². The molecule has 1 fully saturated rings. The van der Waals surface area contributed by atoms with Crippen LogP contribution in [0.4, 0.5) is 5.82 Å². The monoisotopic (exact) mass is 305 g/mol. The van der Waals surface area contributed by atoms with E-state index in [9.17, 15) is 0 Å². The number of nitrogens with two attached hydrogens (primary N) is 1. The molecule has 3 nitrogen and oxygen atoms in total. The first-order valence-electron chi connectivity index (χ1n) is 7.94. The maximum Gasteiger partial charge on any atom is 0.137 e. The van der Waals surface area contributed by atoms with E-state index >= 15 is 0 Å². The highest BCUT2D eigenvalue weighted by Gasteiger charge is 2.28. The maximum absolute atomic E-state index is 5.92. The second-order valence-electron chi connectivity index (χ2n) is 6.61. The van der Waals surface area contributed by atoms with Gasteiger partial charge in [-0.2, -0.15) is 0 Å². The summed E-state index contributed by atoms with van der Waals surface area (Å²) in [5.41, 5.74) is 8.93. The molecule has 1 aromatic heterocycles. The Morgan fingerprint density at radius 2 is 2.00 bits per heavy atom. The van der Waals surface area contributed by atoms with Gasteiger partial charge in [-0.3, -0.25) is 0 Å². The van der Waals surface area contributed by atoms with Crippen molar-refractivity contribution in [1.82, 2.24) is 4.98 Å². The molecular weight excluding hydrogens is 278 g/mol. The molecule has 116 valence electrons. The van der Waals surface area contributed by atoms with Crippen LogP contribution in [0.5, 0.6) is 0 Å². The van der Waals surface area contributed by atoms with Gasteiger partial charge in [-0.25, -0.2) is 4.98 Å². The summed E-state index contributed by atoms with van der Waals surface area (Å²) >= 11 is 5.23. The van der Waals surface area contributed by atoms with E-state index in [2.05, 4.69) is 31.1 Å². The third kappa shape index (κ3) is 3.73. The van der Waals surface area contributed by atoms with Crippen LogP contribution in [0.1, 0.15) is 56.4 Å². The second kappa shape index (κ2) is 6.73. The lowest BCUT2D eigenvalue weighted by Crippen LogP contribution is -2.36. The molecule has 1 aliphatic rings. The fourth-order valence-corrected chi connectivity index (χ4v) is 3.82. The molecule has 2 rings (SSSR count). The van der Waals surface area contributed by atoms with E-state index in [4.69, 9.17) is 18.0 Å². The van der Waals surface area contributed by atoms with Crippen LogP contribution in [0.15, 0.2) is 6.07 Å². The van der Waals surface area contributed by atoms with Gasteiger partial charge >= 0.3 is 0 Å². The Morgan fingerprint density at radius 3 is 2.62 bits per heavy atom. The molecule has 0 aliphatic heterocycles. The molecule has 0 bridgehead atoms. The van der Waals surface area contributed by atoms with Crippen molar-refractivity contribution in [3.05, 3.63) is 22.9 Å². The van der Waals surface area contributed by atoms with Gasteiger partial charge in [0.05, 0.1) is 5.56 Å². The number of hydrogen-bond acceptors (Lipinski definition) is 3. The van der Waals surface area contributed by atoms with Gasteiger partial charge in [0.25, 0.3) is 0 Å². The summed E-state index contributed by atoms with van der Waals surface area (Å²) < 4.78 is 0. The van der Waals surface area contributed by atoms with Crippen molar-refractivity contribution >= 4 is 23.0 Å². The minimum Gasteiger partial charge on any atom is -0.389 e. The number of anilines is 1. The van der Waals surface area contributed by atoms with Crippen LogP contribution in [0.3, 0.4) is 0 Å². The minimum atomic E-state index is 0.430. The third-order valence-electron chi connectivity index (χ3n) is 4.59. The van der Waals surface area contributed by atoms with Crippen molar-refractivity contribution in [1.29, 1.82) is 0 Å². The highest BCUT2D eigenvalue weighted by Crippen LogP contribution is 2.33. The normalized spacial score (nSPS) is 22.3. The molecule has 3 N–H and O–H groups in total. The van der Waals surface area contributed by atoms with Crippen molar-refractivity contribution in [2.45, 2.75) is 59.4 Å². The van der Waals surface area contributed by atoms with Gasteiger partial charge < -0.3 is 11.1 Å². The first kappa shape index (κ1) is 16.2. The van der Waals surface area contributed by atoms with Crippen LogP contribution in [-0.4, -0.2) is 16.0 Å². The topological polar surface area (TPSA) is 50.9 Å². The number of thiocarbonyl (C=S) groups is 1. The molecule has 0 spiro atoms. The van der Waals surface area contributed by atoms with Crippen LogP contribution in [0.25, 0.3) is 0 Å². The lowest BCUT2D eigenvalue weighted by Gasteiger charge is -2.35. The van der Waals surface area contributed by atoms with Crippen molar-refractivity contribution in [2.75, 3.05) is 5.32 Å². The Morgan fingerprint density at radius 1 is 1.33 bits per heavy atom. The van der Waals surface area contributed by atoms with Gasteiger partial charge in [0.2, 0.25) is 0 Å². The van der Waals surface area contributed by atoms with Crippen LogP contribution in [0, 0.1) is 25.7 Å². The number of hydrogen-bond donors (Lipinski definition) is 2. The van der Waals surface area contributed by atoms with Crippen molar-refractivity contribution < 1.29 is 0 Å². The molecule has 1 heterocycles. The average molecular weight is 305 g/mol. The first-order chi connectivity index (χ1) is 9.90. The Labute approximate surface area is 133 Å². The van der Waals surface area contributed by atoms with Gasteiger partial charge in [-0.15, -0.1) is 0 Å². The molecule has 2 unspecified atom stereocenters. The molecule has 0 aromatic carbocycles. The number of aromatic nitrogens is 1. The van der Waals surface area contributed by atoms with Crippen molar-refractivity contribution in [3.8, 4) is 0 Å². The summed E-state index contributed by atoms with van der Waals surface area (Å²) in [6.45, 7) is 8.69. The Bertz CT molecular complexity index is 525. The van der Waals surface area contributed by atoms with Crippen molar-refractivity contribution in [3.63, 3.8) is 0 Å². The zero-order chi connectivity index (χ0) is 15.6. The maximum atomic E-state index is 5.92. The lowest BCUT2D eigenvalue weighted by molar-refractivity contribution is 0.253. The smallest absolute Gasteiger partial charge is 0.137 e. The van der Waals surface area contributed by atoms with Crippen LogP contribution in [0.2, 0.25) is 0 Å². The van der Waals surface area contributed by atoms with Gasteiger partial charge in [0.15, 0.2) is 0 Å².